The maximum Gasteiger partial charge on any atom is 0.319 e. The Labute approximate surface area is 218 Å². The van der Waals surface area contributed by atoms with E-state index in [2.05, 4.69) is 57.5 Å². The summed E-state index contributed by atoms with van der Waals surface area (Å²) in [6, 6.07) is 17.5. The number of fused-ring (bicyclic) bond motifs is 1. The number of nitrogens with zero attached hydrogens (tertiary/aromatic N) is 4. The number of carbonyl (C=O) groups excluding carboxylic acids is 2. The van der Waals surface area contributed by atoms with Crippen molar-refractivity contribution in [2.45, 2.75) is 44.6 Å². The Balaban J connectivity index is 1.12. The molecule has 0 saturated carbocycles. The summed E-state index contributed by atoms with van der Waals surface area (Å²) in [6.07, 6.45) is 5.73. The van der Waals surface area contributed by atoms with Crippen LogP contribution in [-0.4, -0.2) is 53.0 Å². The van der Waals surface area contributed by atoms with Crippen LogP contribution in [0.25, 0.3) is 0 Å². The maximum atomic E-state index is 12.8. The molecular formula is C29H34N6O2. The lowest BCUT2D eigenvalue weighted by molar-refractivity contribution is -0.130. The SMILES string of the molecule is CC1(C)CCC(NC(=O)Nc2ccc(CC(=O)N3CCN(c4ncccn4)CC3)cc2)c2ccccc21. The number of piperazine rings is 1. The molecule has 37 heavy (non-hydrogen) atoms. The molecule has 1 atom stereocenters. The molecule has 1 aliphatic heterocycles. The van der Waals surface area contributed by atoms with Gasteiger partial charge in [-0.2, -0.15) is 0 Å². The number of carbonyl (C=O) groups is 2. The summed E-state index contributed by atoms with van der Waals surface area (Å²) in [4.78, 5) is 38.2. The summed E-state index contributed by atoms with van der Waals surface area (Å²) >= 11 is 0. The molecule has 1 unspecified atom stereocenters. The lowest BCUT2D eigenvalue weighted by Crippen LogP contribution is -2.49. The van der Waals surface area contributed by atoms with Crippen LogP contribution in [-0.2, 0) is 16.6 Å². The number of rotatable bonds is 5. The average Bonchev–Trinajstić information content (AvgIpc) is 2.92. The first-order valence-electron chi connectivity index (χ1n) is 12.9. The van der Waals surface area contributed by atoms with Crippen LogP contribution in [0.4, 0.5) is 16.4 Å². The van der Waals surface area contributed by atoms with Gasteiger partial charge in [0.25, 0.3) is 0 Å². The van der Waals surface area contributed by atoms with E-state index in [1.54, 1.807) is 18.5 Å². The zero-order valence-electron chi connectivity index (χ0n) is 21.5. The molecule has 3 aromatic rings. The molecule has 1 aliphatic carbocycles. The zero-order valence-corrected chi connectivity index (χ0v) is 21.5. The van der Waals surface area contributed by atoms with Crippen LogP contribution < -0.4 is 15.5 Å². The van der Waals surface area contributed by atoms with Crippen LogP contribution in [0.15, 0.2) is 67.0 Å². The van der Waals surface area contributed by atoms with E-state index in [1.807, 2.05) is 35.2 Å². The van der Waals surface area contributed by atoms with Gasteiger partial charge in [0.15, 0.2) is 0 Å². The van der Waals surface area contributed by atoms with E-state index in [0.29, 0.717) is 31.1 Å². The summed E-state index contributed by atoms with van der Waals surface area (Å²) in [5, 5.41) is 6.09. The number of anilines is 2. The van der Waals surface area contributed by atoms with Crippen molar-refractivity contribution in [2.24, 2.45) is 0 Å². The minimum absolute atomic E-state index is 0.00459. The molecule has 1 fully saturated rings. The third-order valence-electron chi connectivity index (χ3n) is 7.46. The Morgan fingerprint density at radius 3 is 2.38 bits per heavy atom. The number of urea groups is 1. The summed E-state index contributed by atoms with van der Waals surface area (Å²) < 4.78 is 0. The minimum atomic E-state index is -0.219. The minimum Gasteiger partial charge on any atom is -0.339 e. The Morgan fingerprint density at radius 2 is 1.65 bits per heavy atom. The summed E-state index contributed by atoms with van der Waals surface area (Å²) in [5.74, 6) is 0.809. The van der Waals surface area contributed by atoms with Crippen molar-refractivity contribution in [3.63, 3.8) is 0 Å². The summed E-state index contributed by atoms with van der Waals surface area (Å²) in [5.41, 5.74) is 4.24. The van der Waals surface area contributed by atoms with Crippen molar-refractivity contribution in [3.05, 3.63) is 83.7 Å². The number of hydrogen-bond acceptors (Lipinski definition) is 5. The zero-order chi connectivity index (χ0) is 25.8. The van der Waals surface area contributed by atoms with Crippen molar-refractivity contribution < 1.29 is 9.59 Å². The summed E-state index contributed by atoms with van der Waals surface area (Å²) in [6.45, 7) is 7.26. The van der Waals surface area contributed by atoms with E-state index >= 15 is 0 Å². The quantitative estimate of drug-likeness (QED) is 0.547. The fraction of sp³-hybridized carbons (Fsp3) is 0.379. The third-order valence-corrected chi connectivity index (χ3v) is 7.46. The molecule has 8 nitrogen and oxygen atoms in total. The number of aromatic nitrogens is 2. The van der Waals surface area contributed by atoms with Gasteiger partial charge in [-0.1, -0.05) is 50.2 Å². The molecule has 1 saturated heterocycles. The molecule has 2 N–H and O–H groups in total. The standard InChI is InChI=1S/C29H34N6O2/c1-29(2)13-12-25(23-6-3-4-7-24(23)29)33-28(37)32-22-10-8-21(9-11-22)20-26(36)34-16-18-35(19-17-34)27-30-14-5-15-31-27/h3-11,14-15,25H,12-13,16-20H2,1-2H3,(H2,32,33,37). The van der Waals surface area contributed by atoms with Gasteiger partial charge >= 0.3 is 6.03 Å². The number of nitrogens with one attached hydrogen (secondary N) is 2. The van der Waals surface area contributed by atoms with Gasteiger partial charge in [-0.3, -0.25) is 4.79 Å². The first-order chi connectivity index (χ1) is 17.9. The highest BCUT2D eigenvalue weighted by Gasteiger charge is 2.33. The fourth-order valence-electron chi connectivity index (χ4n) is 5.29. The molecule has 5 rings (SSSR count). The van der Waals surface area contributed by atoms with Gasteiger partial charge in [-0.25, -0.2) is 14.8 Å². The normalized spacial score (nSPS) is 18.6. The predicted octanol–water partition coefficient (Wildman–Crippen LogP) is 4.30. The smallest absolute Gasteiger partial charge is 0.319 e. The van der Waals surface area contributed by atoms with Gasteiger partial charge in [0.1, 0.15) is 0 Å². The first kappa shape index (κ1) is 24.7. The van der Waals surface area contributed by atoms with Gasteiger partial charge in [0, 0.05) is 44.3 Å². The predicted molar refractivity (Wildman–Crippen MR) is 145 cm³/mol. The largest absolute Gasteiger partial charge is 0.339 e. The van der Waals surface area contributed by atoms with Gasteiger partial charge in [-0.15, -0.1) is 0 Å². The Kier molecular flexibility index (Phi) is 7.08. The molecule has 3 amide bonds. The van der Waals surface area contributed by atoms with E-state index in [1.165, 1.54) is 11.1 Å². The molecule has 2 heterocycles. The molecular weight excluding hydrogens is 464 g/mol. The van der Waals surface area contributed by atoms with Crippen LogP contribution >= 0.6 is 0 Å². The van der Waals surface area contributed by atoms with Crippen molar-refractivity contribution >= 4 is 23.6 Å². The van der Waals surface area contributed by atoms with E-state index in [4.69, 9.17) is 0 Å². The van der Waals surface area contributed by atoms with Gasteiger partial charge in [0.2, 0.25) is 11.9 Å². The van der Waals surface area contributed by atoms with Crippen molar-refractivity contribution in [2.75, 3.05) is 36.4 Å². The monoisotopic (exact) mass is 498 g/mol. The first-order valence-corrected chi connectivity index (χ1v) is 12.9. The summed E-state index contributed by atoms with van der Waals surface area (Å²) in [7, 11) is 0. The van der Waals surface area contributed by atoms with Gasteiger partial charge in [0.05, 0.1) is 12.5 Å². The highest BCUT2D eigenvalue weighted by molar-refractivity contribution is 5.89. The highest BCUT2D eigenvalue weighted by atomic mass is 16.2. The Morgan fingerprint density at radius 1 is 0.946 bits per heavy atom. The second-order valence-corrected chi connectivity index (χ2v) is 10.5. The Hall–Kier alpha value is -3.94. The number of amides is 3. The molecule has 0 bridgehead atoms. The van der Waals surface area contributed by atoms with Crippen LogP contribution in [0.2, 0.25) is 0 Å². The van der Waals surface area contributed by atoms with Gasteiger partial charge < -0.3 is 20.4 Å². The maximum absolute atomic E-state index is 12.8. The van der Waals surface area contributed by atoms with Crippen molar-refractivity contribution in [1.29, 1.82) is 0 Å². The topological polar surface area (TPSA) is 90.5 Å². The van der Waals surface area contributed by atoms with E-state index in [0.717, 1.165) is 31.5 Å². The second kappa shape index (κ2) is 10.6. The molecule has 2 aromatic carbocycles. The lowest BCUT2D eigenvalue weighted by Gasteiger charge is -2.37. The molecule has 8 heteroatoms. The van der Waals surface area contributed by atoms with Crippen molar-refractivity contribution in [1.82, 2.24) is 20.2 Å². The van der Waals surface area contributed by atoms with Crippen LogP contribution in [0.5, 0.6) is 0 Å². The fourth-order valence-corrected chi connectivity index (χ4v) is 5.29. The van der Waals surface area contributed by atoms with Crippen LogP contribution in [0, 0.1) is 0 Å². The van der Waals surface area contributed by atoms with Crippen LogP contribution in [0.1, 0.15) is 49.4 Å². The third kappa shape index (κ3) is 5.74. The van der Waals surface area contributed by atoms with Crippen LogP contribution in [0.3, 0.4) is 0 Å². The lowest BCUT2D eigenvalue weighted by atomic mass is 9.71. The molecule has 1 aromatic heterocycles. The highest BCUT2D eigenvalue weighted by Crippen LogP contribution is 2.41. The molecule has 0 radical (unpaired) electrons. The molecule has 0 spiro atoms. The molecule has 2 aliphatic rings. The number of benzene rings is 2. The van der Waals surface area contributed by atoms with Crippen molar-refractivity contribution in [3.8, 4) is 0 Å². The molecule has 192 valence electrons. The van der Waals surface area contributed by atoms with Gasteiger partial charge in [-0.05, 0) is 53.1 Å². The van der Waals surface area contributed by atoms with E-state index < -0.39 is 0 Å². The average molecular weight is 499 g/mol. The Bertz CT molecular complexity index is 1240. The van der Waals surface area contributed by atoms with E-state index in [9.17, 15) is 9.59 Å². The number of hydrogen-bond donors (Lipinski definition) is 2. The second-order valence-electron chi connectivity index (χ2n) is 10.5. The van der Waals surface area contributed by atoms with E-state index in [-0.39, 0.29) is 23.4 Å².